The van der Waals surface area contributed by atoms with Gasteiger partial charge in [-0.15, -0.1) is 0 Å². The van der Waals surface area contributed by atoms with Crippen LogP contribution in [0.4, 0.5) is 5.69 Å². The van der Waals surface area contributed by atoms with Gasteiger partial charge in [0.25, 0.3) is 0 Å². The first kappa shape index (κ1) is 28.0. The summed E-state index contributed by atoms with van der Waals surface area (Å²) in [6, 6.07) is 11.6. The van der Waals surface area contributed by atoms with Crippen LogP contribution < -0.4 is 16.0 Å². The van der Waals surface area contributed by atoms with Gasteiger partial charge < -0.3 is 16.0 Å². The smallest absolute Gasteiger partial charge is 0.242 e. The second kappa shape index (κ2) is 12.6. The van der Waals surface area contributed by atoms with E-state index in [-0.39, 0.29) is 29.2 Å². The van der Waals surface area contributed by atoms with E-state index in [1.165, 1.54) is 0 Å². The molecule has 0 spiro atoms. The maximum Gasteiger partial charge on any atom is 0.242 e. The summed E-state index contributed by atoms with van der Waals surface area (Å²) in [5.74, 6) is -0.439. The number of nitrogens with one attached hydrogen (secondary N) is 3. The van der Waals surface area contributed by atoms with Crippen molar-refractivity contribution in [1.82, 2.24) is 15.5 Å². The lowest BCUT2D eigenvalue weighted by Crippen LogP contribution is -2.51. The molecule has 3 rings (SSSR count). The highest BCUT2D eigenvalue weighted by molar-refractivity contribution is 7.90. The van der Waals surface area contributed by atoms with Crippen molar-refractivity contribution in [2.75, 3.05) is 30.4 Å². The summed E-state index contributed by atoms with van der Waals surface area (Å²) < 4.78 is 23.5. The number of thiocarbonyl (C=S) groups is 1. The Morgan fingerprint density at radius 1 is 1.14 bits per heavy atom. The number of halogens is 3. The van der Waals surface area contributed by atoms with E-state index in [1.54, 1.807) is 30.3 Å². The van der Waals surface area contributed by atoms with Crippen LogP contribution in [-0.2, 0) is 21.2 Å². The van der Waals surface area contributed by atoms with Crippen LogP contribution in [0.3, 0.4) is 0 Å². The molecule has 2 aromatic carbocycles. The fourth-order valence-electron chi connectivity index (χ4n) is 3.75. The Bertz CT molecular complexity index is 1160. The van der Waals surface area contributed by atoms with Crippen molar-refractivity contribution >= 4 is 73.6 Å². The summed E-state index contributed by atoms with van der Waals surface area (Å²) in [5, 5.41) is 10.8. The predicted molar refractivity (Wildman–Crippen MR) is 147 cm³/mol. The van der Waals surface area contributed by atoms with Gasteiger partial charge in [-0.25, -0.2) is 8.42 Å². The van der Waals surface area contributed by atoms with Gasteiger partial charge in [0.05, 0.1) is 15.8 Å². The van der Waals surface area contributed by atoms with E-state index < -0.39 is 15.9 Å². The van der Waals surface area contributed by atoms with E-state index >= 15 is 0 Å². The van der Waals surface area contributed by atoms with E-state index in [2.05, 4.69) is 20.9 Å². The van der Waals surface area contributed by atoms with Crippen LogP contribution in [0.2, 0.25) is 15.1 Å². The third-order valence-electron chi connectivity index (χ3n) is 5.51. The molecule has 12 heteroatoms. The molecule has 0 aliphatic carbocycles. The minimum atomic E-state index is -3.26. The van der Waals surface area contributed by atoms with Crippen LogP contribution in [0, 0.1) is 0 Å². The Kier molecular flexibility index (Phi) is 10.0. The Morgan fingerprint density at radius 3 is 2.51 bits per heavy atom. The van der Waals surface area contributed by atoms with Crippen molar-refractivity contribution < 1.29 is 13.2 Å². The maximum absolute atomic E-state index is 13.1. The molecule has 3 N–H and O–H groups in total. The number of hydrogen-bond acceptors (Lipinski definition) is 5. The minimum absolute atomic E-state index is 0.0643. The molecule has 1 amide bonds. The number of benzene rings is 2. The summed E-state index contributed by atoms with van der Waals surface area (Å²) in [6.07, 6.45) is 2.01. The van der Waals surface area contributed by atoms with Crippen molar-refractivity contribution in [2.45, 2.75) is 31.5 Å². The van der Waals surface area contributed by atoms with Crippen LogP contribution in [0.15, 0.2) is 42.5 Å². The van der Waals surface area contributed by atoms with Gasteiger partial charge in [-0.1, -0.05) is 40.9 Å². The number of rotatable bonds is 9. The van der Waals surface area contributed by atoms with Crippen molar-refractivity contribution in [2.24, 2.45) is 0 Å². The van der Waals surface area contributed by atoms with E-state index in [4.69, 9.17) is 47.0 Å². The Balaban J connectivity index is 1.57. The summed E-state index contributed by atoms with van der Waals surface area (Å²) in [4.78, 5) is 15.3. The highest BCUT2D eigenvalue weighted by Gasteiger charge is 2.28. The summed E-state index contributed by atoms with van der Waals surface area (Å²) in [6.45, 7) is 2.16. The Morgan fingerprint density at radius 2 is 1.86 bits per heavy atom. The molecule has 0 radical (unpaired) electrons. The first-order chi connectivity index (χ1) is 16.5. The number of hydrogen-bond donors (Lipinski definition) is 3. The van der Waals surface area contributed by atoms with Gasteiger partial charge in [-0.2, -0.15) is 0 Å². The molecular formula is C23H27Cl3N4O3S2. The molecule has 190 valence electrons. The van der Waals surface area contributed by atoms with E-state index in [0.29, 0.717) is 33.8 Å². The van der Waals surface area contributed by atoms with Gasteiger partial charge in [-0.3, -0.25) is 9.69 Å². The van der Waals surface area contributed by atoms with Crippen LogP contribution in [-0.4, -0.2) is 61.5 Å². The fourth-order valence-corrected chi connectivity index (χ4v) is 5.12. The van der Waals surface area contributed by atoms with Crippen molar-refractivity contribution in [3.05, 3.63) is 63.1 Å². The molecular weight excluding hydrogens is 551 g/mol. The topological polar surface area (TPSA) is 90.5 Å². The van der Waals surface area contributed by atoms with E-state index in [9.17, 15) is 13.2 Å². The molecule has 2 atom stereocenters. The summed E-state index contributed by atoms with van der Waals surface area (Å²) in [5.41, 5.74) is 1.74. The second-order valence-electron chi connectivity index (χ2n) is 8.55. The lowest BCUT2D eigenvalue weighted by atomic mass is 10.2. The lowest BCUT2D eigenvalue weighted by molar-refractivity contribution is -0.123. The number of amides is 1. The summed E-state index contributed by atoms with van der Waals surface area (Å²) >= 11 is 23.4. The lowest BCUT2D eigenvalue weighted by Gasteiger charge is -2.23. The fraction of sp³-hybridized carbons (Fsp3) is 0.391. The number of carbonyl (C=O) groups is 1. The number of likely N-dealkylation sites (tertiary alicyclic amines) is 1. The third kappa shape index (κ3) is 9.40. The van der Waals surface area contributed by atoms with Gasteiger partial charge in [0, 0.05) is 42.6 Å². The summed E-state index contributed by atoms with van der Waals surface area (Å²) in [7, 11) is -3.26. The molecule has 0 unspecified atom stereocenters. The van der Waals surface area contributed by atoms with E-state index in [0.717, 1.165) is 24.8 Å². The molecule has 1 saturated heterocycles. The highest BCUT2D eigenvalue weighted by atomic mass is 35.5. The standard InChI is InChI=1S/C23H27Cl3N4O3S2/c1-35(32,33)11-9-21(29-23(34)28-17-5-3-16(24)4-6-17)22(31)27-18-8-10-30(14-18)13-15-2-7-19(25)20(26)12-15/h2-7,12,18,21H,8-11,13-14H2,1H3,(H,27,31)(H2,28,29,34)/t18-,21+/m1/s1. The van der Waals surface area contributed by atoms with Crippen molar-refractivity contribution in [3.63, 3.8) is 0 Å². The molecule has 0 bridgehead atoms. The Labute approximate surface area is 226 Å². The number of anilines is 1. The molecule has 35 heavy (non-hydrogen) atoms. The van der Waals surface area contributed by atoms with Crippen molar-refractivity contribution in [1.29, 1.82) is 0 Å². The first-order valence-corrected chi connectivity index (χ1v) is 14.6. The zero-order valence-corrected chi connectivity index (χ0v) is 23.0. The van der Waals surface area contributed by atoms with E-state index in [1.807, 2.05) is 12.1 Å². The number of carbonyl (C=O) groups excluding carboxylic acids is 1. The average Bonchev–Trinajstić information content (AvgIpc) is 3.21. The molecule has 7 nitrogen and oxygen atoms in total. The number of nitrogens with zero attached hydrogens (tertiary/aromatic N) is 1. The molecule has 1 fully saturated rings. The zero-order valence-electron chi connectivity index (χ0n) is 19.1. The van der Waals surface area contributed by atoms with Gasteiger partial charge >= 0.3 is 0 Å². The average molecular weight is 578 g/mol. The van der Waals surface area contributed by atoms with Crippen LogP contribution in [0.1, 0.15) is 18.4 Å². The minimum Gasteiger partial charge on any atom is -0.351 e. The van der Waals surface area contributed by atoms with Gasteiger partial charge in [0.1, 0.15) is 15.9 Å². The highest BCUT2D eigenvalue weighted by Crippen LogP contribution is 2.24. The molecule has 2 aromatic rings. The largest absolute Gasteiger partial charge is 0.351 e. The predicted octanol–water partition coefficient (Wildman–Crippen LogP) is 4.13. The van der Waals surface area contributed by atoms with Gasteiger partial charge in [0.15, 0.2) is 5.11 Å². The van der Waals surface area contributed by atoms with Crippen LogP contribution in [0.25, 0.3) is 0 Å². The molecule has 0 aromatic heterocycles. The SMILES string of the molecule is CS(=O)(=O)CC[C@H](NC(=S)Nc1ccc(Cl)cc1)C(=O)N[C@@H]1CCN(Cc2ccc(Cl)c(Cl)c2)C1. The Hall–Kier alpha value is -1.62. The molecule has 1 aliphatic rings. The molecule has 0 saturated carbocycles. The van der Waals surface area contributed by atoms with Gasteiger partial charge in [-0.05, 0) is 67.0 Å². The first-order valence-electron chi connectivity index (χ1n) is 11.0. The molecule has 1 aliphatic heterocycles. The monoisotopic (exact) mass is 576 g/mol. The zero-order chi connectivity index (χ0) is 25.6. The number of sulfone groups is 1. The van der Waals surface area contributed by atoms with Gasteiger partial charge in [0.2, 0.25) is 5.91 Å². The molecule has 1 heterocycles. The van der Waals surface area contributed by atoms with Crippen LogP contribution in [0.5, 0.6) is 0 Å². The maximum atomic E-state index is 13.1. The van der Waals surface area contributed by atoms with Crippen LogP contribution >= 0.6 is 47.0 Å². The van der Waals surface area contributed by atoms with Crippen molar-refractivity contribution in [3.8, 4) is 0 Å². The quantitative estimate of drug-likeness (QED) is 0.386. The second-order valence-corrected chi connectivity index (χ2v) is 12.5. The third-order valence-corrected chi connectivity index (χ3v) is 7.70. The normalized spacial score (nSPS) is 17.1.